The van der Waals surface area contributed by atoms with Crippen LogP contribution in [0, 0.1) is 0 Å². The first-order valence-corrected chi connectivity index (χ1v) is 7.16. The van der Waals surface area contributed by atoms with Crippen LogP contribution < -0.4 is 5.32 Å². The van der Waals surface area contributed by atoms with Gasteiger partial charge in [-0.3, -0.25) is 4.68 Å². The number of hydrogen-bond donors (Lipinski definition) is 1. The number of carbonyl (C=O) groups excluding carboxylic acids is 1. The highest BCUT2D eigenvalue weighted by atomic mass is 16.5. The first-order valence-electron chi connectivity index (χ1n) is 7.16. The summed E-state index contributed by atoms with van der Waals surface area (Å²) in [6.07, 6.45) is 2.94. The smallest absolute Gasteiger partial charge is 0.338 e. The summed E-state index contributed by atoms with van der Waals surface area (Å²) >= 11 is 0. The average Bonchev–Trinajstić information content (AvgIpc) is 2.86. The fourth-order valence-corrected chi connectivity index (χ4v) is 2.16. The Kier molecular flexibility index (Phi) is 4.98. The summed E-state index contributed by atoms with van der Waals surface area (Å²) in [5.41, 5.74) is 3.83. The minimum atomic E-state index is -0.287. The van der Waals surface area contributed by atoms with Crippen LogP contribution in [0.15, 0.2) is 30.5 Å². The van der Waals surface area contributed by atoms with Crippen LogP contribution in [0.3, 0.4) is 0 Å². The van der Waals surface area contributed by atoms with Gasteiger partial charge in [0.2, 0.25) is 0 Å². The van der Waals surface area contributed by atoms with E-state index >= 15 is 0 Å². The molecule has 1 heterocycles. The highest BCUT2D eigenvalue weighted by molar-refractivity contribution is 5.89. The van der Waals surface area contributed by atoms with Crippen LogP contribution in [0.25, 0.3) is 0 Å². The van der Waals surface area contributed by atoms with E-state index in [4.69, 9.17) is 4.74 Å². The van der Waals surface area contributed by atoms with Gasteiger partial charge in [0.1, 0.15) is 0 Å². The molecule has 1 aromatic carbocycles. The highest BCUT2D eigenvalue weighted by Gasteiger charge is 2.07. The lowest BCUT2D eigenvalue weighted by Crippen LogP contribution is -2.05. The summed E-state index contributed by atoms with van der Waals surface area (Å²) in [5.74, 6) is -0.287. The lowest BCUT2D eigenvalue weighted by molar-refractivity contribution is 0.0526. The molecule has 0 atom stereocenters. The zero-order valence-electron chi connectivity index (χ0n) is 12.7. The fourth-order valence-electron chi connectivity index (χ4n) is 2.16. The normalized spacial score (nSPS) is 10.4. The summed E-state index contributed by atoms with van der Waals surface area (Å²) < 4.78 is 6.79. The van der Waals surface area contributed by atoms with E-state index in [1.54, 1.807) is 19.1 Å². The molecule has 0 aliphatic carbocycles. The quantitative estimate of drug-likeness (QED) is 0.830. The summed E-state index contributed by atoms with van der Waals surface area (Å²) in [6, 6.07) is 7.30. The standard InChI is InChI=1S/C16H21N3O2/c1-4-15-13(11-19(3)18-15)10-17-14-8-6-12(7-9-14)16(20)21-5-2/h6-9,11,17H,4-5,10H2,1-3H3. The van der Waals surface area contributed by atoms with E-state index < -0.39 is 0 Å². The van der Waals surface area contributed by atoms with Gasteiger partial charge in [-0.25, -0.2) is 4.79 Å². The van der Waals surface area contributed by atoms with Gasteiger partial charge in [-0.1, -0.05) is 6.92 Å². The summed E-state index contributed by atoms with van der Waals surface area (Å²) in [4.78, 5) is 11.6. The number of carbonyl (C=O) groups is 1. The topological polar surface area (TPSA) is 56.1 Å². The van der Waals surface area contributed by atoms with Crippen molar-refractivity contribution in [1.82, 2.24) is 9.78 Å². The maximum Gasteiger partial charge on any atom is 0.338 e. The van der Waals surface area contributed by atoms with Crippen molar-refractivity contribution in [1.29, 1.82) is 0 Å². The lowest BCUT2D eigenvalue weighted by atomic mass is 10.2. The second-order valence-electron chi connectivity index (χ2n) is 4.78. The molecule has 0 amide bonds. The summed E-state index contributed by atoms with van der Waals surface area (Å²) in [5, 5.41) is 7.76. The molecule has 2 rings (SSSR count). The Morgan fingerprint density at radius 3 is 2.62 bits per heavy atom. The SMILES string of the molecule is CCOC(=O)c1ccc(NCc2cn(C)nc2CC)cc1. The van der Waals surface area contributed by atoms with E-state index in [0.717, 1.165) is 24.3 Å². The van der Waals surface area contributed by atoms with Crippen molar-refractivity contribution >= 4 is 11.7 Å². The Labute approximate surface area is 124 Å². The zero-order valence-corrected chi connectivity index (χ0v) is 12.7. The van der Waals surface area contributed by atoms with Crippen LogP contribution in [0.4, 0.5) is 5.69 Å². The van der Waals surface area contributed by atoms with Crippen LogP contribution in [-0.4, -0.2) is 22.4 Å². The molecule has 1 N–H and O–H groups in total. The third kappa shape index (κ3) is 3.84. The maximum atomic E-state index is 11.6. The van der Waals surface area contributed by atoms with Gasteiger partial charge in [-0.2, -0.15) is 5.10 Å². The van der Waals surface area contributed by atoms with Crippen LogP contribution in [0.1, 0.15) is 35.5 Å². The molecular weight excluding hydrogens is 266 g/mol. The zero-order chi connectivity index (χ0) is 15.2. The van der Waals surface area contributed by atoms with Gasteiger partial charge in [-0.05, 0) is 37.6 Å². The summed E-state index contributed by atoms with van der Waals surface area (Å²) in [6.45, 7) is 5.00. The number of aryl methyl sites for hydroxylation is 2. The predicted molar refractivity (Wildman–Crippen MR) is 82.3 cm³/mol. The Morgan fingerprint density at radius 2 is 2.00 bits per heavy atom. The van der Waals surface area contributed by atoms with E-state index in [1.165, 1.54) is 5.56 Å². The van der Waals surface area contributed by atoms with Gasteiger partial charge in [0, 0.05) is 31.0 Å². The van der Waals surface area contributed by atoms with Crippen molar-refractivity contribution in [2.75, 3.05) is 11.9 Å². The monoisotopic (exact) mass is 287 g/mol. The van der Waals surface area contributed by atoms with Crippen LogP contribution in [0.5, 0.6) is 0 Å². The van der Waals surface area contributed by atoms with Gasteiger partial charge in [-0.15, -0.1) is 0 Å². The van der Waals surface area contributed by atoms with E-state index in [9.17, 15) is 4.79 Å². The predicted octanol–water partition coefficient (Wildman–Crippen LogP) is 2.77. The molecule has 0 aliphatic heterocycles. The molecule has 2 aromatic rings. The number of benzene rings is 1. The number of nitrogens with zero attached hydrogens (tertiary/aromatic N) is 2. The molecule has 0 radical (unpaired) electrons. The maximum absolute atomic E-state index is 11.6. The van der Waals surface area contributed by atoms with Crippen molar-refractivity contribution < 1.29 is 9.53 Å². The first kappa shape index (κ1) is 15.1. The number of rotatable bonds is 6. The van der Waals surface area contributed by atoms with Gasteiger partial charge in [0.15, 0.2) is 0 Å². The number of ether oxygens (including phenoxy) is 1. The average molecular weight is 287 g/mol. The van der Waals surface area contributed by atoms with Crippen molar-refractivity contribution in [3.8, 4) is 0 Å². The second kappa shape index (κ2) is 6.92. The minimum absolute atomic E-state index is 0.287. The molecule has 0 saturated carbocycles. The van der Waals surface area contributed by atoms with Crippen LogP contribution >= 0.6 is 0 Å². The Morgan fingerprint density at radius 1 is 1.29 bits per heavy atom. The molecule has 5 heteroatoms. The van der Waals surface area contributed by atoms with E-state index in [2.05, 4.69) is 17.3 Å². The largest absolute Gasteiger partial charge is 0.462 e. The van der Waals surface area contributed by atoms with E-state index in [1.807, 2.05) is 30.1 Å². The second-order valence-corrected chi connectivity index (χ2v) is 4.78. The third-order valence-electron chi connectivity index (χ3n) is 3.21. The van der Waals surface area contributed by atoms with E-state index in [0.29, 0.717) is 12.2 Å². The number of anilines is 1. The molecule has 0 saturated heterocycles. The molecule has 0 fully saturated rings. The Hall–Kier alpha value is -2.30. The molecule has 0 spiro atoms. The van der Waals surface area contributed by atoms with Crippen LogP contribution in [-0.2, 0) is 24.8 Å². The molecule has 0 aliphatic rings. The number of esters is 1. The Bertz CT molecular complexity index is 602. The van der Waals surface area contributed by atoms with Crippen molar-refractivity contribution in [3.63, 3.8) is 0 Å². The number of aromatic nitrogens is 2. The fraction of sp³-hybridized carbons (Fsp3) is 0.375. The van der Waals surface area contributed by atoms with Crippen molar-refractivity contribution in [2.24, 2.45) is 7.05 Å². The third-order valence-corrected chi connectivity index (χ3v) is 3.21. The van der Waals surface area contributed by atoms with Gasteiger partial charge < -0.3 is 10.1 Å². The molecule has 21 heavy (non-hydrogen) atoms. The summed E-state index contributed by atoms with van der Waals surface area (Å²) in [7, 11) is 1.93. The van der Waals surface area contributed by atoms with Crippen LogP contribution in [0.2, 0.25) is 0 Å². The molecule has 1 aromatic heterocycles. The van der Waals surface area contributed by atoms with Crippen molar-refractivity contribution in [3.05, 3.63) is 47.3 Å². The first-order chi connectivity index (χ1) is 10.1. The Balaban J connectivity index is 1.99. The van der Waals surface area contributed by atoms with E-state index in [-0.39, 0.29) is 5.97 Å². The molecular formula is C16H21N3O2. The van der Waals surface area contributed by atoms with Gasteiger partial charge in [0.05, 0.1) is 17.9 Å². The minimum Gasteiger partial charge on any atom is -0.462 e. The lowest BCUT2D eigenvalue weighted by Gasteiger charge is -2.07. The number of hydrogen-bond acceptors (Lipinski definition) is 4. The highest BCUT2D eigenvalue weighted by Crippen LogP contribution is 2.14. The number of nitrogens with one attached hydrogen (secondary N) is 1. The molecule has 5 nitrogen and oxygen atoms in total. The molecule has 0 unspecified atom stereocenters. The van der Waals surface area contributed by atoms with Crippen molar-refractivity contribution in [2.45, 2.75) is 26.8 Å². The molecule has 112 valence electrons. The van der Waals surface area contributed by atoms with Gasteiger partial charge in [0.25, 0.3) is 0 Å². The molecule has 0 bridgehead atoms. The van der Waals surface area contributed by atoms with Gasteiger partial charge >= 0.3 is 5.97 Å².